The van der Waals surface area contributed by atoms with Crippen LogP contribution in [0.1, 0.15) is 12.5 Å². The molecule has 0 spiro atoms. The predicted octanol–water partition coefficient (Wildman–Crippen LogP) is 2.50. The SMILES string of the molecule is CC(=O)Nc1ccc(NS(=O)(=O)Cc2cccc([N+](=O)[O-])c2)cc1. The number of benzene rings is 2. The number of non-ortho nitro benzene ring substituents is 1. The Morgan fingerprint density at radius 2 is 1.75 bits per heavy atom. The maximum atomic E-state index is 12.2. The van der Waals surface area contributed by atoms with Crippen molar-refractivity contribution in [2.24, 2.45) is 0 Å². The van der Waals surface area contributed by atoms with Crippen molar-refractivity contribution >= 4 is 33.0 Å². The van der Waals surface area contributed by atoms with Crippen LogP contribution in [0.15, 0.2) is 48.5 Å². The van der Waals surface area contributed by atoms with Crippen LogP contribution >= 0.6 is 0 Å². The molecule has 2 aromatic carbocycles. The average Bonchev–Trinajstić information content (AvgIpc) is 2.48. The molecule has 0 aromatic heterocycles. The molecule has 0 atom stereocenters. The van der Waals surface area contributed by atoms with Gasteiger partial charge in [0, 0.05) is 30.4 Å². The summed E-state index contributed by atoms with van der Waals surface area (Å²) in [5.74, 6) is -0.615. The minimum absolute atomic E-state index is 0.164. The van der Waals surface area contributed by atoms with Crippen LogP contribution in [0.4, 0.5) is 17.1 Å². The van der Waals surface area contributed by atoms with Gasteiger partial charge in [0.1, 0.15) is 0 Å². The van der Waals surface area contributed by atoms with Crippen LogP contribution in [0.25, 0.3) is 0 Å². The highest BCUT2D eigenvalue weighted by molar-refractivity contribution is 7.91. The second kappa shape index (κ2) is 7.09. The number of sulfonamides is 1. The van der Waals surface area contributed by atoms with E-state index in [0.29, 0.717) is 16.9 Å². The van der Waals surface area contributed by atoms with Crippen LogP contribution in [-0.2, 0) is 20.6 Å². The van der Waals surface area contributed by atoms with Crippen LogP contribution < -0.4 is 10.0 Å². The standard InChI is InChI=1S/C15H15N3O5S/c1-11(19)16-13-5-7-14(8-6-13)17-24(22,23)10-12-3-2-4-15(9-12)18(20)21/h2-9,17H,10H2,1H3,(H,16,19). The molecule has 2 N–H and O–H groups in total. The lowest BCUT2D eigenvalue weighted by molar-refractivity contribution is -0.384. The van der Waals surface area contributed by atoms with Gasteiger partial charge in [-0.05, 0) is 29.8 Å². The van der Waals surface area contributed by atoms with Gasteiger partial charge in [0.15, 0.2) is 0 Å². The van der Waals surface area contributed by atoms with E-state index in [1.807, 2.05) is 0 Å². The summed E-state index contributed by atoms with van der Waals surface area (Å²) in [7, 11) is -3.73. The monoisotopic (exact) mass is 349 g/mol. The Kier molecular flexibility index (Phi) is 5.14. The van der Waals surface area contributed by atoms with Gasteiger partial charge in [0.25, 0.3) is 5.69 Å². The van der Waals surface area contributed by atoms with Crippen molar-refractivity contribution in [3.8, 4) is 0 Å². The first-order chi connectivity index (χ1) is 11.2. The van der Waals surface area contributed by atoms with Crippen molar-refractivity contribution in [3.63, 3.8) is 0 Å². The molecule has 0 radical (unpaired) electrons. The van der Waals surface area contributed by atoms with Crippen LogP contribution in [0, 0.1) is 10.1 Å². The fraction of sp³-hybridized carbons (Fsp3) is 0.133. The Hall–Kier alpha value is -2.94. The van der Waals surface area contributed by atoms with E-state index in [1.54, 1.807) is 12.1 Å². The van der Waals surface area contributed by atoms with E-state index in [4.69, 9.17) is 0 Å². The molecule has 126 valence electrons. The van der Waals surface area contributed by atoms with Gasteiger partial charge in [-0.1, -0.05) is 12.1 Å². The minimum Gasteiger partial charge on any atom is -0.326 e. The van der Waals surface area contributed by atoms with Gasteiger partial charge in [-0.15, -0.1) is 0 Å². The largest absolute Gasteiger partial charge is 0.326 e. The summed E-state index contributed by atoms with van der Waals surface area (Å²) in [6, 6.07) is 11.6. The highest BCUT2D eigenvalue weighted by Crippen LogP contribution is 2.18. The van der Waals surface area contributed by atoms with Crippen LogP contribution in [-0.4, -0.2) is 19.2 Å². The molecule has 0 aliphatic carbocycles. The lowest BCUT2D eigenvalue weighted by Crippen LogP contribution is -2.15. The summed E-state index contributed by atoms with van der Waals surface area (Å²) in [4.78, 5) is 21.1. The molecule has 0 saturated carbocycles. The van der Waals surface area contributed by atoms with Crippen molar-refractivity contribution in [2.75, 3.05) is 10.0 Å². The molecule has 0 bridgehead atoms. The number of nitrogens with zero attached hydrogens (tertiary/aromatic N) is 1. The summed E-state index contributed by atoms with van der Waals surface area (Å²) < 4.78 is 26.7. The average molecular weight is 349 g/mol. The van der Waals surface area contributed by atoms with Crippen molar-refractivity contribution in [3.05, 3.63) is 64.2 Å². The number of anilines is 2. The van der Waals surface area contributed by atoms with Crippen molar-refractivity contribution in [1.29, 1.82) is 0 Å². The van der Waals surface area contributed by atoms with E-state index >= 15 is 0 Å². The molecule has 24 heavy (non-hydrogen) atoms. The van der Waals surface area contributed by atoms with E-state index in [0.717, 1.165) is 0 Å². The molecular weight excluding hydrogens is 334 g/mol. The molecule has 0 aliphatic rings. The fourth-order valence-corrected chi connectivity index (χ4v) is 3.21. The van der Waals surface area contributed by atoms with Gasteiger partial charge < -0.3 is 5.32 Å². The van der Waals surface area contributed by atoms with Gasteiger partial charge in [0.05, 0.1) is 10.7 Å². The number of amides is 1. The second-order valence-corrected chi connectivity index (χ2v) is 6.77. The van der Waals surface area contributed by atoms with Gasteiger partial charge in [-0.25, -0.2) is 8.42 Å². The smallest absolute Gasteiger partial charge is 0.269 e. The molecule has 2 rings (SSSR count). The molecule has 0 heterocycles. The van der Waals surface area contributed by atoms with E-state index in [9.17, 15) is 23.3 Å². The van der Waals surface area contributed by atoms with E-state index in [1.165, 1.54) is 43.3 Å². The van der Waals surface area contributed by atoms with Crippen LogP contribution in [0.3, 0.4) is 0 Å². The number of rotatable bonds is 6. The number of hydrogen-bond donors (Lipinski definition) is 2. The normalized spacial score (nSPS) is 10.9. The molecule has 9 heteroatoms. The molecule has 8 nitrogen and oxygen atoms in total. The highest BCUT2D eigenvalue weighted by Gasteiger charge is 2.14. The number of carbonyl (C=O) groups excluding carboxylic acids is 1. The zero-order valence-electron chi connectivity index (χ0n) is 12.7. The van der Waals surface area contributed by atoms with Crippen LogP contribution in [0.2, 0.25) is 0 Å². The first-order valence-electron chi connectivity index (χ1n) is 6.87. The summed E-state index contributed by atoms with van der Waals surface area (Å²) in [6.07, 6.45) is 0. The van der Waals surface area contributed by atoms with Gasteiger partial charge in [-0.2, -0.15) is 0 Å². The zero-order valence-corrected chi connectivity index (χ0v) is 13.5. The number of carbonyl (C=O) groups is 1. The predicted molar refractivity (Wildman–Crippen MR) is 90.1 cm³/mol. The maximum Gasteiger partial charge on any atom is 0.269 e. The van der Waals surface area contributed by atoms with Gasteiger partial charge >= 0.3 is 0 Å². The molecule has 1 amide bonds. The summed E-state index contributed by atoms with van der Waals surface area (Å²) in [5, 5.41) is 13.3. The number of hydrogen-bond acceptors (Lipinski definition) is 5. The first-order valence-corrected chi connectivity index (χ1v) is 8.52. The molecule has 0 unspecified atom stereocenters. The molecule has 2 aromatic rings. The third-order valence-corrected chi connectivity index (χ3v) is 4.22. The van der Waals surface area contributed by atoms with E-state index in [2.05, 4.69) is 10.0 Å². The maximum absolute atomic E-state index is 12.2. The topological polar surface area (TPSA) is 118 Å². The highest BCUT2D eigenvalue weighted by atomic mass is 32.2. The third-order valence-electron chi connectivity index (χ3n) is 2.96. The number of nitro groups is 1. The minimum atomic E-state index is -3.73. The summed E-state index contributed by atoms with van der Waals surface area (Å²) >= 11 is 0. The molecule has 0 fully saturated rings. The number of nitrogens with one attached hydrogen (secondary N) is 2. The second-order valence-electron chi connectivity index (χ2n) is 5.05. The molecular formula is C15H15N3O5S. The summed E-state index contributed by atoms with van der Waals surface area (Å²) in [6.45, 7) is 1.37. The summed E-state index contributed by atoms with van der Waals surface area (Å²) in [5.41, 5.74) is 1.02. The van der Waals surface area contributed by atoms with E-state index in [-0.39, 0.29) is 17.3 Å². The Morgan fingerprint density at radius 1 is 1.12 bits per heavy atom. The third kappa shape index (κ3) is 5.06. The Bertz CT molecular complexity index is 863. The van der Waals surface area contributed by atoms with Crippen LogP contribution in [0.5, 0.6) is 0 Å². The lowest BCUT2D eigenvalue weighted by atomic mass is 10.2. The Balaban J connectivity index is 2.09. The van der Waals surface area contributed by atoms with Crippen molar-refractivity contribution < 1.29 is 18.1 Å². The van der Waals surface area contributed by atoms with Crippen molar-refractivity contribution in [2.45, 2.75) is 12.7 Å². The molecule has 0 aliphatic heterocycles. The Labute approximate surface area is 138 Å². The van der Waals surface area contributed by atoms with Gasteiger partial charge in [-0.3, -0.25) is 19.6 Å². The fourth-order valence-electron chi connectivity index (χ4n) is 2.02. The Morgan fingerprint density at radius 3 is 2.33 bits per heavy atom. The van der Waals surface area contributed by atoms with Crippen molar-refractivity contribution in [1.82, 2.24) is 0 Å². The van der Waals surface area contributed by atoms with E-state index < -0.39 is 14.9 Å². The number of nitro benzene ring substituents is 1. The van der Waals surface area contributed by atoms with Gasteiger partial charge in [0.2, 0.25) is 15.9 Å². The lowest BCUT2D eigenvalue weighted by Gasteiger charge is -2.09. The zero-order chi connectivity index (χ0) is 17.7. The first kappa shape index (κ1) is 17.4. The quantitative estimate of drug-likeness (QED) is 0.613. The molecule has 0 saturated heterocycles.